The van der Waals surface area contributed by atoms with Crippen LogP contribution >= 0.6 is 11.8 Å². The van der Waals surface area contributed by atoms with Gasteiger partial charge >= 0.3 is 0 Å². The molecule has 3 rings (SSSR count). The molecule has 0 saturated heterocycles. The SMILES string of the molecule is C[C@@H](N)c1cccnc1Sc1cc2ccccc2[nH]1. The molecule has 4 heteroatoms. The van der Waals surface area contributed by atoms with Gasteiger partial charge in [-0.05, 0) is 25.1 Å². The van der Waals surface area contributed by atoms with E-state index in [0.29, 0.717) is 0 Å². The third kappa shape index (κ3) is 2.50. The maximum absolute atomic E-state index is 5.98. The first-order chi connectivity index (χ1) is 9.24. The van der Waals surface area contributed by atoms with E-state index in [1.807, 2.05) is 31.2 Å². The Morgan fingerprint density at radius 3 is 2.84 bits per heavy atom. The fraction of sp³-hybridized carbons (Fsp3) is 0.133. The summed E-state index contributed by atoms with van der Waals surface area (Å²) in [5.74, 6) is 0. The van der Waals surface area contributed by atoms with Gasteiger partial charge in [-0.2, -0.15) is 0 Å². The van der Waals surface area contributed by atoms with Crippen LogP contribution in [0.15, 0.2) is 58.7 Å². The van der Waals surface area contributed by atoms with Crippen LogP contribution in [0.25, 0.3) is 10.9 Å². The van der Waals surface area contributed by atoms with Crippen LogP contribution in [0.4, 0.5) is 0 Å². The summed E-state index contributed by atoms with van der Waals surface area (Å²) in [5.41, 5.74) is 8.20. The molecule has 0 radical (unpaired) electrons. The Hall–Kier alpha value is -1.78. The lowest BCUT2D eigenvalue weighted by molar-refractivity contribution is 0.779. The van der Waals surface area contributed by atoms with Crippen molar-refractivity contribution in [1.29, 1.82) is 0 Å². The van der Waals surface area contributed by atoms with E-state index < -0.39 is 0 Å². The van der Waals surface area contributed by atoms with Crippen molar-refractivity contribution in [3.63, 3.8) is 0 Å². The summed E-state index contributed by atoms with van der Waals surface area (Å²) >= 11 is 1.62. The zero-order chi connectivity index (χ0) is 13.2. The van der Waals surface area contributed by atoms with Gasteiger partial charge < -0.3 is 10.7 Å². The van der Waals surface area contributed by atoms with Crippen LogP contribution in [0.3, 0.4) is 0 Å². The van der Waals surface area contributed by atoms with Crippen LogP contribution in [0.1, 0.15) is 18.5 Å². The number of nitrogens with one attached hydrogen (secondary N) is 1. The fourth-order valence-electron chi connectivity index (χ4n) is 2.04. The van der Waals surface area contributed by atoms with E-state index in [-0.39, 0.29) is 6.04 Å². The summed E-state index contributed by atoms with van der Waals surface area (Å²) in [4.78, 5) is 7.82. The van der Waals surface area contributed by atoms with Gasteiger partial charge in [0, 0.05) is 28.7 Å². The molecule has 0 aliphatic carbocycles. The summed E-state index contributed by atoms with van der Waals surface area (Å²) in [5, 5.41) is 3.26. The van der Waals surface area contributed by atoms with Crippen molar-refractivity contribution in [3.8, 4) is 0 Å². The highest BCUT2D eigenvalue weighted by molar-refractivity contribution is 7.99. The van der Waals surface area contributed by atoms with Crippen LogP contribution in [0.5, 0.6) is 0 Å². The molecule has 1 atom stereocenters. The zero-order valence-electron chi connectivity index (χ0n) is 10.6. The smallest absolute Gasteiger partial charge is 0.107 e. The summed E-state index contributed by atoms with van der Waals surface area (Å²) in [6.07, 6.45) is 1.80. The van der Waals surface area contributed by atoms with Gasteiger partial charge in [0.2, 0.25) is 0 Å². The minimum Gasteiger partial charge on any atom is -0.349 e. The van der Waals surface area contributed by atoms with Crippen LogP contribution in [-0.2, 0) is 0 Å². The molecule has 0 bridgehead atoms. The van der Waals surface area contributed by atoms with E-state index in [1.165, 1.54) is 5.39 Å². The predicted molar refractivity (Wildman–Crippen MR) is 79.3 cm³/mol. The van der Waals surface area contributed by atoms with Gasteiger partial charge in [-0.25, -0.2) is 4.98 Å². The van der Waals surface area contributed by atoms with Crippen molar-refractivity contribution in [3.05, 3.63) is 54.2 Å². The first kappa shape index (κ1) is 12.3. The molecular formula is C15H15N3S. The lowest BCUT2D eigenvalue weighted by atomic mass is 10.2. The standard InChI is InChI=1S/C15H15N3S/c1-10(16)12-6-4-8-17-15(12)19-14-9-11-5-2-3-7-13(11)18-14/h2-10,18H,16H2,1H3/t10-/m1/s1. The molecular weight excluding hydrogens is 254 g/mol. The van der Waals surface area contributed by atoms with Gasteiger partial charge in [-0.1, -0.05) is 36.0 Å². The van der Waals surface area contributed by atoms with Crippen molar-refractivity contribution in [2.24, 2.45) is 5.73 Å². The van der Waals surface area contributed by atoms with Crippen molar-refractivity contribution in [2.45, 2.75) is 23.0 Å². The highest BCUT2D eigenvalue weighted by atomic mass is 32.2. The molecule has 1 aromatic carbocycles. The van der Waals surface area contributed by atoms with Crippen LogP contribution in [0.2, 0.25) is 0 Å². The number of hydrogen-bond donors (Lipinski definition) is 2. The topological polar surface area (TPSA) is 54.7 Å². The molecule has 0 aliphatic rings. The summed E-state index contributed by atoms with van der Waals surface area (Å²) in [6.45, 7) is 1.98. The molecule has 0 fully saturated rings. The predicted octanol–water partition coefficient (Wildman–Crippen LogP) is 3.73. The Balaban J connectivity index is 1.97. The van der Waals surface area contributed by atoms with Crippen molar-refractivity contribution in [1.82, 2.24) is 9.97 Å². The number of pyridine rings is 1. The van der Waals surface area contributed by atoms with E-state index in [0.717, 1.165) is 21.1 Å². The van der Waals surface area contributed by atoms with E-state index in [2.05, 4.69) is 28.2 Å². The number of aromatic amines is 1. The van der Waals surface area contributed by atoms with Gasteiger partial charge in [0.1, 0.15) is 5.03 Å². The van der Waals surface area contributed by atoms with Crippen molar-refractivity contribution < 1.29 is 0 Å². The lowest BCUT2D eigenvalue weighted by Gasteiger charge is -2.09. The number of aromatic nitrogens is 2. The molecule has 96 valence electrons. The van der Waals surface area contributed by atoms with Crippen molar-refractivity contribution in [2.75, 3.05) is 0 Å². The molecule has 0 unspecified atom stereocenters. The third-order valence-corrected chi connectivity index (χ3v) is 3.98. The average molecular weight is 269 g/mol. The Labute approximate surface area is 116 Å². The van der Waals surface area contributed by atoms with Gasteiger partial charge in [-0.3, -0.25) is 0 Å². The minimum absolute atomic E-state index is 0.0134. The van der Waals surface area contributed by atoms with Crippen LogP contribution in [0, 0.1) is 0 Å². The van der Waals surface area contributed by atoms with E-state index in [9.17, 15) is 0 Å². The number of H-pyrrole nitrogens is 1. The molecule has 3 N–H and O–H groups in total. The molecule has 0 amide bonds. The molecule has 0 aliphatic heterocycles. The molecule has 2 aromatic heterocycles. The largest absolute Gasteiger partial charge is 0.349 e. The second-order valence-electron chi connectivity index (χ2n) is 4.51. The number of rotatable bonds is 3. The van der Waals surface area contributed by atoms with Crippen molar-refractivity contribution >= 4 is 22.7 Å². The van der Waals surface area contributed by atoms with E-state index in [1.54, 1.807) is 18.0 Å². The maximum Gasteiger partial charge on any atom is 0.107 e. The number of hydrogen-bond acceptors (Lipinski definition) is 3. The minimum atomic E-state index is -0.0134. The normalized spacial score (nSPS) is 12.7. The highest BCUT2D eigenvalue weighted by Gasteiger charge is 2.10. The maximum atomic E-state index is 5.98. The molecule has 3 aromatic rings. The third-order valence-electron chi connectivity index (χ3n) is 3.00. The average Bonchev–Trinajstić information content (AvgIpc) is 2.81. The number of nitrogens with two attached hydrogens (primary N) is 1. The Morgan fingerprint density at radius 1 is 1.21 bits per heavy atom. The molecule has 19 heavy (non-hydrogen) atoms. The van der Waals surface area contributed by atoms with Gasteiger partial charge in [0.05, 0.1) is 5.03 Å². The van der Waals surface area contributed by atoms with Crippen LogP contribution in [-0.4, -0.2) is 9.97 Å². The zero-order valence-corrected chi connectivity index (χ0v) is 11.4. The van der Waals surface area contributed by atoms with E-state index in [4.69, 9.17) is 5.73 Å². The fourth-order valence-corrected chi connectivity index (χ4v) is 3.08. The lowest BCUT2D eigenvalue weighted by Crippen LogP contribution is -2.07. The van der Waals surface area contributed by atoms with Gasteiger partial charge in [0.25, 0.3) is 0 Å². The molecule has 0 spiro atoms. The quantitative estimate of drug-likeness (QED) is 0.761. The molecule has 0 saturated carbocycles. The number of para-hydroxylation sites is 1. The monoisotopic (exact) mass is 269 g/mol. The summed E-state index contributed by atoms with van der Waals surface area (Å²) in [7, 11) is 0. The number of nitrogens with zero attached hydrogens (tertiary/aromatic N) is 1. The molecule has 2 heterocycles. The summed E-state index contributed by atoms with van der Waals surface area (Å²) in [6, 6.07) is 14.3. The highest BCUT2D eigenvalue weighted by Crippen LogP contribution is 2.32. The second kappa shape index (κ2) is 5.07. The Kier molecular flexibility index (Phi) is 3.27. The van der Waals surface area contributed by atoms with Crippen LogP contribution < -0.4 is 5.73 Å². The second-order valence-corrected chi connectivity index (χ2v) is 5.54. The van der Waals surface area contributed by atoms with Gasteiger partial charge in [-0.15, -0.1) is 0 Å². The Morgan fingerprint density at radius 2 is 2.05 bits per heavy atom. The Bertz CT molecular complexity index is 670. The van der Waals surface area contributed by atoms with E-state index >= 15 is 0 Å². The summed E-state index contributed by atoms with van der Waals surface area (Å²) < 4.78 is 0. The first-order valence-corrected chi connectivity index (χ1v) is 7.02. The first-order valence-electron chi connectivity index (χ1n) is 6.20. The van der Waals surface area contributed by atoms with Gasteiger partial charge in [0.15, 0.2) is 0 Å². The molecule has 3 nitrogen and oxygen atoms in total. The number of benzene rings is 1. The number of fused-ring (bicyclic) bond motifs is 1.